The first-order valence-corrected chi connectivity index (χ1v) is 16.3. The second kappa shape index (κ2) is 14.1. The molecule has 1 aromatic heterocycles. The van der Waals surface area contributed by atoms with Gasteiger partial charge in [0.2, 0.25) is 5.91 Å². The minimum Gasteiger partial charge on any atom is -0.493 e. The Morgan fingerprint density at radius 1 is 0.786 bits per heavy atom. The number of carbonyl (C=O) groups is 1. The fourth-order valence-electron chi connectivity index (χ4n) is 5.39. The van der Waals surface area contributed by atoms with Gasteiger partial charge in [0.25, 0.3) is 0 Å². The smallest absolute Gasteiger partial charge is 0.336 e. The van der Waals surface area contributed by atoms with E-state index in [2.05, 4.69) is 96.3 Å². The maximum absolute atomic E-state index is 12.4. The van der Waals surface area contributed by atoms with Crippen molar-refractivity contribution in [1.29, 1.82) is 0 Å². The monoisotopic (exact) mass is 579 g/mol. The van der Waals surface area contributed by atoms with E-state index in [1.807, 2.05) is 12.1 Å². The Morgan fingerprint density at radius 2 is 1.38 bits per heavy atom. The molecule has 4 aromatic carbocycles. The van der Waals surface area contributed by atoms with Gasteiger partial charge >= 0.3 is 5.63 Å². The standard InChI is InChI=1S/C35H35N2O4P/c36-20-10-21-37-34(38)24-27-25-35(39)41-33-26-28(18-19-32(27)33)40-22-11-23-42(29-12-4-1-5-13-29,30-14-6-2-7-15-30)31-16-8-3-9-17-31/h1-9,12-19,25-26H,10-11,20-24,36H2/p+1. The zero-order chi connectivity index (χ0) is 29.2. The largest absolute Gasteiger partial charge is 0.493 e. The highest BCUT2D eigenvalue weighted by Crippen LogP contribution is 2.55. The summed E-state index contributed by atoms with van der Waals surface area (Å²) in [6.45, 7) is 1.52. The lowest BCUT2D eigenvalue weighted by atomic mass is 10.1. The molecule has 3 N–H and O–H groups in total. The number of ether oxygens (including phenoxy) is 1. The lowest BCUT2D eigenvalue weighted by Crippen LogP contribution is -2.33. The Morgan fingerprint density at radius 3 is 1.95 bits per heavy atom. The molecule has 42 heavy (non-hydrogen) atoms. The Labute approximate surface area is 246 Å². The van der Waals surface area contributed by atoms with Crippen molar-refractivity contribution in [3.05, 3.63) is 131 Å². The minimum absolute atomic E-state index is 0.0944. The van der Waals surface area contributed by atoms with Crippen LogP contribution in [0.2, 0.25) is 0 Å². The molecule has 0 atom stereocenters. The van der Waals surface area contributed by atoms with Gasteiger partial charge in [0.15, 0.2) is 0 Å². The highest BCUT2D eigenvalue weighted by Gasteiger charge is 2.44. The van der Waals surface area contributed by atoms with Gasteiger partial charge < -0.3 is 20.2 Å². The average molecular weight is 580 g/mol. The van der Waals surface area contributed by atoms with Crippen LogP contribution in [0.5, 0.6) is 5.75 Å². The third-order valence-electron chi connectivity index (χ3n) is 7.35. The topological polar surface area (TPSA) is 94.6 Å². The van der Waals surface area contributed by atoms with Gasteiger partial charge in [-0.05, 0) is 67.1 Å². The Bertz CT molecular complexity index is 1560. The number of fused-ring (bicyclic) bond motifs is 1. The second-order valence-corrected chi connectivity index (χ2v) is 13.8. The molecule has 0 aliphatic heterocycles. The molecule has 0 bridgehead atoms. The second-order valence-electron chi connectivity index (χ2n) is 10.2. The van der Waals surface area contributed by atoms with E-state index in [1.54, 1.807) is 6.07 Å². The number of nitrogens with two attached hydrogens (primary N) is 1. The SMILES string of the molecule is NCCCNC(=O)Cc1cc(=O)oc2cc(OCCC[P+](c3ccccc3)(c3ccccc3)c3ccccc3)ccc12. The molecule has 6 nitrogen and oxygen atoms in total. The van der Waals surface area contributed by atoms with Crippen LogP contribution in [0.1, 0.15) is 18.4 Å². The molecule has 0 aliphatic carbocycles. The number of carbonyl (C=O) groups excluding carboxylic acids is 1. The molecule has 0 saturated carbocycles. The van der Waals surface area contributed by atoms with Gasteiger partial charge in [0.1, 0.15) is 34.5 Å². The van der Waals surface area contributed by atoms with E-state index < -0.39 is 12.9 Å². The van der Waals surface area contributed by atoms with E-state index >= 15 is 0 Å². The third-order valence-corrected chi connectivity index (χ3v) is 11.9. The number of nitrogens with one attached hydrogen (secondary N) is 1. The predicted octanol–water partition coefficient (Wildman–Crippen LogP) is 4.56. The lowest BCUT2D eigenvalue weighted by molar-refractivity contribution is -0.120. The molecule has 0 saturated heterocycles. The minimum atomic E-state index is -1.94. The van der Waals surface area contributed by atoms with Crippen molar-refractivity contribution in [2.45, 2.75) is 19.3 Å². The molecule has 214 valence electrons. The highest BCUT2D eigenvalue weighted by atomic mass is 31.2. The van der Waals surface area contributed by atoms with Gasteiger partial charge in [-0.15, -0.1) is 0 Å². The van der Waals surface area contributed by atoms with Gasteiger partial charge in [-0.1, -0.05) is 54.6 Å². The van der Waals surface area contributed by atoms with Gasteiger partial charge in [-0.25, -0.2) is 4.79 Å². The molecule has 0 fully saturated rings. The number of hydrogen-bond acceptors (Lipinski definition) is 5. The zero-order valence-corrected chi connectivity index (χ0v) is 24.5. The quantitative estimate of drug-likeness (QED) is 0.121. The van der Waals surface area contributed by atoms with Crippen molar-refractivity contribution in [1.82, 2.24) is 5.32 Å². The van der Waals surface area contributed by atoms with Crippen LogP contribution in [-0.4, -0.2) is 31.8 Å². The van der Waals surface area contributed by atoms with Crippen molar-refractivity contribution in [3.8, 4) is 5.75 Å². The number of amides is 1. The number of benzene rings is 4. The first kappa shape index (κ1) is 29.2. The van der Waals surface area contributed by atoms with E-state index in [4.69, 9.17) is 14.9 Å². The first-order valence-electron chi connectivity index (χ1n) is 14.3. The van der Waals surface area contributed by atoms with Crippen molar-refractivity contribution in [3.63, 3.8) is 0 Å². The molecule has 5 rings (SSSR count). The highest BCUT2D eigenvalue weighted by molar-refractivity contribution is 7.95. The Hall–Kier alpha value is -4.25. The first-order chi connectivity index (χ1) is 20.6. The summed E-state index contributed by atoms with van der Waals surface area (Å²) < 4.78 is 11.7. The van der Waals surface area contributed by atoms with Crippen molar-refractivity contribution >= 4 is 40.1 Å². The molecule has 7 heteroatoms. The van der Waals surface area contributed by atoms with Crippen molar-refractivity contribution < 1.29 is 13.9 Å². The molecule has 0 radical (unpaired) electrons. The molecular formula is C35H36N2O4P+. The summed E-state index contributed by atoms with van der Waals surface area (Å²) in [4.78, 5) is 24.6. The Balaban J connectivity index is 1.35. The van der Waals surface area contributed by atoms with E-state index in [-0.39, 0.29) is 12.3 Å². The van der Waals surface area contributed by atoms with Gasteiger partial charge in [-0.2, -0.15) is 0 Å². The normalized spacial score (nSPS) is 11.4. The summed E-state index contributed by atoms with van der Waals surface area (Å²) >= 11 is 0. The summed E-state index contributed by atoms with van der Waals surface area (Å²) in [6.07, 6.45) is 2.57. The molecule has 5 aromatic rings. The summed E-state index contributed by atoms with van der Waals surface area (Å²) in [7, 11) is -1.94. The Kier molecular flexibility index (Phi) is 9.81. The number of rotatable bonds is 13. The van der Waals surface area contributed by atoms with Crippen LogP contribution in [-0.2, 0) is 11.2 Å². The van der Waals surface area contributed by atoms with Crippen LogP contribution in [0, 0.1) is 0 Å². The van der Waals surface area contributed by atoms with Crippen LogP contribution >= 0.6 is 7.26 Å². The van der Waals surface area contributed by atoms with Crippen LogP contribution in [0.4, 0.5) is 0 Å². The third kappa shape index (κ3) is 6.79. The van der Waals surface area contributed by atoms with Crippen LogP contribution in [0.3, 0.4) is 0 Å². The fourth-order valence-corrected chi connectivity index (χ4v) is 9.70. The maximum Gasteiger partial charge on any atom is 0.336 e. The lowest BCUT2D eigenvalue weighted by Gasteiger charge is -2.27. The van der Waals surface area contributed by atoms with Gasteiger partial charge in [-0.3, -0.25) is 4.79 Å². The van der Waals surface area contributed by atoms with Crippen LogP contribution < -0.4 is 37.3 Å². The van der Waals surface area contributed by atoms with E-state index in [1.165, 1.54) is 22.0 Å². The summed E-state index contributed by atoms with van der Waals surface area (Å²) in [5.74, 6) is 0.469. The molecule has 1 heterocycles. The molecule has 0 aliphatic rings. The van der Waals surface area contributed by atoms with Crippen molar-refractivity contribution in [2.24, 2.45) is 5.73 Å². The van der Waals surface area contributed by atoms with E-state index in [0.29, 0.717) is 43.0 Å². The van der Waals surface area contributed by atoms with Crippen LogP contribution in [0.15, 0.2) is 124 Å². The van der Waals surface area contributed by atoms with Crippen molar-refractivity contribution in [2.75, 3.05) is 25.9 Å². The fraction of sp³-hybridized carbons (Fsp3) is 0.200. The number of hydrogen-bond donors (Lipinski definition) is 2. The van der Waals surface area contributed by atoms with E-state index in [9.17, 15) is 9.59 Å². The molecular weight excluding hydrogens is 543 g/mol. The maximum atomic E-state index is 12.4. The summed E-state index contributed by atoms with van der Waals surface area (Å²) in [5.41, 5.74) is 6.05. The summed E-state index contributed by atoms with van der Waals surface area (Å²) in [6, 6.07) is 39.2. The van der Waals surface area contributed by atoms with Crippen LogP contribution in [0.25, 0.3) is 11.0 Å². The molecule has 0 unspecified atom stereocenters. The van der Waals surface area contributed by atoms with Gasteiger partial charge in [0.05, 0.1) is 19.2 Å². The van der Waals surface area contributed by atoms with E-state index in [0.717, 1.165) is 18.0 Å². The molecule has 0 spiro atoms. The average Bonchev–Trinajstić information content (AvgIpc) is 3.02. The molecule has 1 amide bonds. The van der Waals surface area contributed by atoms with Gasteiger partial charge in [0, 0.05) is 30.5 Å². The summed E-state index contributed by atoms with van der Waals surface area (Å²) in [5, 5.41) is 7.58. The zero-order valence-electron chi connectivity index (χ0n) is 23.6. The predicted molar refractivity (Wildman–Crippen MR) is 173 cm³/mol.